The number of halogens is 3. The molecule has 0 aromatic carbocycles. The summed E-state index contributed by atoms with van der Waals surface area (Å²) in [6.07, 6.45) is -7.26. The van der Waals surface area contributed by atoms with Crippen LogP contribution >= 0.6 is 0 Å². The normalized spacial score (nSPS) is 13.4. The number of hydrogen-bond acceptors (Lipinski definition) is 5. The Bertz CT molecular complexity index is 405. The van der Waals surface area contributed by atoms with Crippen molar-refractivity contribution in [3.8, 4) is 0 Å². The van der Waals surface area contributed by atoms with Gasteiger partial charge in [-0.25, -0.2) is 0 Å². The number of nitrogens with zero attached hydrogens (tertiary/aromatic N) is 2. The fourth-order valence-electron chi connectivity index (χ4n) is 1.08. The highest BCUT2D eigenvalue weighted by Gasteiger charge is 2.38. The van der Waals surface area contributed by atoms with E-state index in [-0.39, 0.29) is 18.7 Å². The van der Waals surface area contributed by atoms with Gasteiger partial charge < -0.3 is 14.9 Å². The van der Waals surface area contributed by atoms with Crippen LogP contribution in [-0.2, 0) is 11.2 Å². The van der Waals surface area contributed by atoms with Gasteiger partial charge in [0.05, 0.1) is 6.54 Å². The number of aromatic nitrogens is 2. The van der Waals surface area contributed by atoms with Crippen LogP contribution in [0.15, 0.2) is 4.52 Å². The third kappa shape index (κ3) is 4.70. The minimum Gasteiger partial charge on any atom is -0.382 e. The number of aryl methyl sites for hydroxylation is 2. The molecular weight excluding hydrogens is 255 g/mol. The Hall–Kier alpha value is -1.64. The molecule has 1 unspecified atom stereocenters. The second kappa shape index (κ2) is 5.80. The van der Waals surface area contributed by atoms with Crippen molar-refractivity contribution in [3.05, 3.63) is 11.7 Å². The zero-order valence-electron chi connectivity index (χ0n) is 9.49. The van der Waals surface area contributed by atoms with E-state index >= 15 is 0 Å². The Kier molecular flexibility index (Phi) is 4.65. The van der Waals surface area contributed by atoms with E-state index in [2.05, 4.69) is 10.1 Å². The van der Waals surface area contributed by atoms with Crippen molar-refractivity contribution >= 4 is 5.91 Å². The van der Waals surface area contributed by atoms with Crippen molar-refractivity contribution in [1.82, 2.24) is 15.5 Å². The average molecular weight is 267 g/mol. The molecule has 1 heterocycles. The van der Waals surface area contributed by atoms with Crippen LogP contribution in [0, 0.1) is 6.92 Å². The van der Waals surface area contributed by atoms with Crippen molar-refractivity contribution < 1.29 is 27.6 Å². The second-order valence-corrected chi connectivity index (χ2v) is 3.60. The summed E-state index contributed by atoms with van der Waals surface area (Å²) < 4.78 is 40.5. The Labute approximate surface area is 100 Å². The molecule has 0 radical (unpaired) electrons. The standard InChI is InChI=1S/C9H12F3N3O3/c1-5-14-8(18-15-5)3-2-7(17)13-4-6(16)9(10,11)12/h6,16H,2-4H2,1H3,(H,13,17). The van der Waals surface area contributed by atoms with Crippen molar-refractivity contribution in [3.63, 3.8) is 0 Å². The third-order valence-corrected chi connectivity index (χ3v) is 2.01. The summed E-state index contributed by atoms with van der Waals surface area (Å²) in [5.74, 6) is 0.0195. The van der Waals surface area contributed by atoms with Crippen molar-refractivity contribution in [2.24, 2.45) is 0 Å². The van der Waals surface area contributed by atoms with Gasteiger partial charge in [-0.2, -0.15) is 18.2 Å². The van der Waals surface area contributed by atoms with E-state index in [1.807, 2.05) is 5.32 Å². The lowest BCUT2D eigenvalue weighted by Crippen LogP contribution is -2.40. The molecule has 0 aliphatic heterocycles. The number of amides is 1. The molecule has 18 heavy (non-hydrogen) atoms. The van der Waals surface area contributed by atoms with Gasteiger partial charge in [-0.15, -0.1) is 0 Å². The first-order valence-corrected chi connectivity index (χ1v) is 5.09. The molecular formula is C9H12F3N3O3. The molecule has 0 fully saturated rings. The topological polar surface area (TPSA) is 88.2 Å². The fraction of sp³-hybridized carbons (Fsp3) is 0.667. The number of aliphatic hydroxyl groups is 1. The molecule has 1 aromatic rings. The fourth-order valence-corrected chi connectivity index (χ4v) is 1.08. The van der Waals surface area contributed by atoms with Crippen LogP contribution < -0.4 is 5.32 Å². The highest BCUT2D eigenvalue weighted by molar-refractivity contribution is 5.76. The third-order valence-electron chi connectivity index (χ3n) is 2.01. The van der Waals surface area contributed by atoms with E-state index in [0.717, 1.165) is 0 Å². The van der Waals surface area contributed by atoms with Crippen molar-refractivity contribution in [1.29, 1.82) is 0 Å². The summed E-state index contributed by atoms with van der Waals surface area (Å²) in [5, 5.41) is 14.1. The van der Waals surface area contributed by atoms with Gasteiger partial charge in [0.2, 0.25) is 11.8 Å². The zero-order valence-corrected chi connectivity index (χ0v) is 9.49. The molecule has 2 N–H and O–H groups in total. The molecule has 9 heteroatoms. The maximum absolute atomic E-state index is 11.9. The molecule has 102 valence electrons. The van der Waals surface area contributed by atoms with E-state index in [1.54, 1.807) is 6.92 Å². The number of carbonyl (C=O) groups is 1. The lowest BCUT2D eigenvalue weighted by Gasteiger charge is -2.14. The largest absolute Gasteiger partial charge is 0.416 e. The highest BCUT2D eigenvalue weighted by Crippen LogP contribution is 2.19. The van der Waals surface area contributed by atoms with E-state index in [1.165, 1.54) is 0 Å². The number of carbonyl (C=O) groups excluding carboxylic acids is 1. The molecule has 0 bridgehead atoms. The van der Waals surface area contributed by atoms with Gasteiger partial charge in [-0.3, -0.25) is 4.79 Å². The Morgan fingerprint density at radius 2 is 2.22 bits per heavy atom. The molecule has 1 aromatic heterocycles. The van der Waals surface area contributed by atoms with E-state index in [9.17, 15) is 18.0 Å². The smallest absolute Gasteiger partial charge is 0.382 e. The van der Waals surface area contributed by atoms with Gasteiger partial charge >= 0.3 is 6.18 Å². The molecule has 0 aliphatic carbocycles. The molecule has 1 rings (SSSR count). The molecule has 6 nitrogen and oxygen atoms in total. The summed E-state index contributed by atoms with van der Waals surface area (Å²) >= 11 is 0. The highest BCUT2D eigenvalue weighted by atomic mass is 19.4. The number of hydrogen-bond donors (Lipinski definition) is 2. The summed E-state index contributed by atoms with van der Waals surface area (Å²) in [6, 6.07) is 0. The molecule has 0 aliphatic rings. The maximum Gasteiger partial charge on any atom is 0.416 e. The lowest BCUT2D eigenvalue weighted by molar-refractivity contribution is -0.201. The van der Waals surface area contributed by atoms with Crippen LogP contribution in [0.4, 0.5) is 13.2 Å². The van der Waals surface area contributed by atoms with E-state index in [4.69, 9.17) is 9.63 Å². The molecule has 0 saturated heterocycles. The molecule has 0 spiro atoms. The van der Waals surface area contributed by atoms with E-state index in [0.29, 0.717) is 5.82 Å². The first-order valence-electron chi connectivity index (χ1n) is 5.09. The summed E-state index contributed by atoms with van der Waals surface area (Å²) in [4.78, 5) is 15.0. The molecule has 1 amide bonds. The van der Waals surface area contributed by atoms with Crippen molar-refractivity contribution in [2.45, 2.75) is 32.0 Å². The predicted molar refractivity (Wildman–Crippen MR) is 52.4 cm³/mol. The van der Waals surface area contributed by atoms with Crippen LogP contribution in [0.5, 0.6) is 0 Å². The van der Waals surface area contributed by atoms with Crippen LogP contribution in [0.2, 0.25) is 0 Å². The van der Waals surface area contributed by atoms with Gasteiger partial charge in [0.15, 0.2) is 11.9 Å². The van der Waals surface area contributed by atoms with Crippen LogP contribution in [0.3, 0.4) is 0 Å². The SMILES string of the molecule is Cc1noc(CCC(=O)NCC(O)C(F)(F)F)n1. The Morgan fingerprint density at radius 3 is 2.72 bits per heavy atom. The van der Waals surface area contributed by atoms with E-state index < -0.39 is 24.7 Å². The second-order valence-electron chi connectivity index (χ2n) is 3.60. The summed E-state index contributed by atoms with van der Waals surface area (Å²) in [6.45, 7) is 0.734. The van der Waals surface area contributed by atoms with Gasteiger partial charge in [-0.1, -0.05) is 5.16 Å². The number of rotatable bonds is 5. The van der Waals surface area contributed by atoms with Gasteiger partial charge in [0, 0.05) is 12.8 Å². The number of aliphatic hydroxyl groups excluding tert-OH is 1. The molecule has 0 saturated carbocycles. The lowest BCUT2D eigenvalue weighted by atomic mass is 10.3. The maximum atomic E-state index is 11.9. The minimum absolute atomic E-state index is 0.0911. The quantitative estimate of drug-likeness (QED) is 0.803. The Morgan fingerprint density at radius 1 is 1.56 bits per heavy atom. The van der Waals surface area contributed by atoms with Gasteiger partial charge in [0.1, 0.15) is 0 Å². The van der Waals surface area contributed by atoms with Gasteiger partial charge in [0.25, 0.3) is 0 Å². The minimum atomic E-state index is -4.74. The monoisotopic (exact) mass is 267 g/mol. The van der Waals surface area contributed by atoms with Crippen molar-refractivity contribution in [2.75, 3.05) is 6.54 Å². The average Bonchev–Trinajstić information content (AvgIpc) is 2.67. The van der Waals surface area contributed by atoms with Gasteiger partial charge in [-0.05, 0) is 6.92 Å². The zero-order chi connectivity index (χ0) is 13.8. The molecule has 1 atom stereocenters. The van der Waals surface area contributed by atoms with Crippen LogP contribution in [0.1, 0.15) is 18.1 Å². The first kappa shape index (κ1) is 14.4. The Balaban J connectivity index is 2.26. The van der Waals surface area contributed by atoms with Crippen LogP contribution in [0.25, 0.3) is 0 Å². The first-order chi connectivity index (χ1) is 8.29. The number of nitrogens with one attached hydrogen (secondary N) is 1. The summed E-state index contributed by atoms with van der Waals surface area (Å²) in [5.41, 5.74) is 0. The number of alkyl halides is 3. The predicted octanol–water partition coefficient (Wildman–Crippen LogP) is 0.350. The summed E-state index contributed by atoms with van der Waals surface area (Å²) in [7, 11) is 0. The van der Waals surface area contributed by atoms with Crippen LogP contribution in [-0.4, -0.2) is 40.0 Å².